The van der Waals surface area contributed by atoms with Gasteiger partial charge in [0, 0.05) is 31.3 Å². The van der Waals surface area contributed by atoms with Gasteiger partial charge < -0.3 is 9.80 Å². The molecule has 0 aliphatic carbocycles. The highest BCUT2D eigenvalue weighted by Gasteiger charge is 2.29. The van der Waals surface area contributed by atoms with Crippen LogP contribution < -0.4 is 9.80 Å². The molecule has 6 nitrogen and oxygen atoms in total. The highest BCUT2D eigenvalue weighted by molar-refractivity contribution is 6.08. The lowest BCUT2D eigenvalue weighted by atomic mass is 9.97. The van der Waals surface area contributed by atoms with Gasteiger partial charge in [0.25, 0.3) is 11.6 Å². The summed E-state index contributed by atoms with van der Waals surface area (Å²) in [5.41, 5.74) is 3.04. The summed E-state index contributed by atoms with van der Waals surface area (Å²) in [6.07, 6.45) is 3.47. The van der Waals surface area contributed by atoms with Crippen LogP contribution in [-0.4, -0.2) is 30.5 Å². The van der Waals surface area contributed by atoms with Crippen LogP contribution in [0.25, 0.3) is 0 Å². The average molecular weight is 383 g/mol. The van der Waals surface area contributed by atoms with Crippen molar-refractivity contribution < 1.29 is 14.1 Å². The number of rotatable bonds is 3. The largest absolute Gasteiger partial charge is 0.366 e. The highest BCUT2D eigenvalue weighted by atomic mass is 19.1. The number of nitro groups is 1. The zero-order valence-corrected chi connectivity index (χ0v) is 15.8. The van der Waals surface area contributed by atoms with Crippen LogP contribution in [0.3, 0.4) is 0 Å². The molecule has 7 heteroatoms. The Morgan fingerprint density at radius 3 is 2.57 bits per heavy atom. The van der Waals surface area contributed by atoms with Crippen LogP contribution in [0.4, 0.5) is 21.5 Å². The molecule has 0 saturated carbocycles. The lowest BCUT2D eigenvalue weighted by Crippen LogP contribution is -2.36. The van der Waals surface area contributed by atoms with Crippen molar-refractivity contribution >= 4 is 23.0 Å². The Labute approximate surface area is 162 Å². The summed E-state index contributed by atoms with van der Waals surface area (Å²) in [6, 6.07) is 7.61. The van der Waals surface area contributed by atoms with Crippen LogP contribution in [0.5, 0.6) is 0 Å². The SMILES string of the molecule is Cc1cc(F)cc2c1N(C(=O)c1ccc(N3CCCC3)c([N+](=O)[O-])c1)CCC2. The topological polar surface area (TPSA) is 66.7 Å². The van der Waals surface area contributed by atoms with Gasteiger partial charge >= 0.3 is 0 Å². The van der Waals surface area contributed by atoms with Gasteiger partial charge in [0.2, 0.25) is 0 Å². The minimum Gasteiger partial charge on any atom is -0.366 e. The molecule has 2 aliphatic rings. The predicted molar refractivity (Wildman–Crippen MR) is 106 cm³/mol. The second kappa shape index (κ2) is 7.22. The summed E-state index contributed by atoms with van der Waals surface area (Å²) in [6.45, 7) is 3.88. The number of anilines is 2. The van der Waals surface area contributed by atoms with Crippen molar-refractivity contribution in [2.24, 2.45) is 0 Å². The molecule has 0 bridgehead atoms. The zero-order valence-electron chi connectivity index (χ0n) is 15.8. The van der Waals surface area contributed by atoms with Gasteiger partial charge in [0.15, 0.2) is 0 Å². The Hall–Kier alpha value is -2.96. The first-order chi connectivity index (χ1) is 13.5. The first kappa shape index (κ1) is 18.4. The molecular weight excluding hydrogens is 361 g/mol. The Bertz CT molecular complexity index is 954. The van der Waals surface area contributed by atoms with E-state index in [2.05, 4.69) is 0 Å². The van der Waals surface area contributed by atoms with Crippen LogP contribution in [0, 0.1) is 22.9 Å². The number of fused-ring (bicyclic) bond motifs is 1. The number of nitro benzene ring substituents is 1. The smallest absolute Gasteiger partial charge is 0.293 e. The van der Waals surface area contributed by atoms with Gasteiger partial charge in [-0.05, 0) is 68.0 Å². The number of hydrogen-bond acceptors (Lipinski definition) is 4. The normalized spacial score (nSPS) is 16.2. The van der Waals surface area contributed by atoms with E-state index < -0.39 is 4.92 Å². The number of hydrogen-bond donors (Lipinski definition) is 0. The Morgan fingerprint density at radius 2 is 1.86 bits per heavy atom. The van der Waals surface area contributed by atoms with Gasteiger partial charge in [0.1, 0.15) is 11.5 Å². The zero-order chi connectivity index (χ0) is 19.8. The minimum atomic E-state index is -0.421. The molecule has 0 aromatic heterocycles. The third kappa shape index (κ3) is 3.21. The summed E-state index contributed by atoms with van der Waals surface area (Å²) < 4.78 is 13.8. The van der Waals surface area contributed by atoms with E-state index in [1.807, 2.05) is 4.90 Å². The van der Waals surface area contributed by atoms with E-state index in [-0.39, 0.29) is 23.0 Å². The Balaban J connectivity index is 1.72. The number of carbonyl (C=O) groups excluding carboxylic acids is 1. The fourth-order valence-corrected chi connectivity index (χ4v) is 4.31. The molecule has 2 heterocycles. The Morgan fingerprint density at radius 1 is 1.11 bits per heavy atom. The van der Waals surface area contributed by atoms with Crippen molar-refractivity contribution in [3.8, 4) is 0 Å². The lowest BCUT2D eigenvalue weighted by Gasteiger charge is -2.31. The first-order valence-corrected chi connectivity index (χ1v) is 9.60. The predicted octanol–water partition coefficient (Wildman–Crippen LogP) is 4.24. The number of amides is 1. The van der Waals surface area contributed by atoms with Crippen LogP contribution in [0.15, 0.2) is 30.3 Å². The summed E-state index contributed by atoms with van der Waals surface area (Å²) in [5, 5.41) is 11.6. The van der Waals surface area contributed by atoms with Gasteiger partial charge in [-0.25, -0.2) is 4.39 Å². The summed E-state index contributed by atoms with van der Waals surface area (Å²) in [5.74, 6) is -0.595. The average Bonchev–Trinajstić information content (AvgIpc) is 3.20. The van der Waals surface area contributed by atoms with Gasteiger partial charge in [-0.15, -0.1) is 0 Å². The van der Waals surface area contributed by atoms with Crippen molar-refractivity contribution in [3.63, 3.8) is 0 Å². The van der Waals surface area contributed by atoms with Gasteiger partial charge in [-0.3, -0.25) is 14.9 Å². The van der Waals surface area contributed by atoms with Gasteiger partial charge in [-0.1, -0.05) is 0 Å². The van der Waals surface area contributed by atoms with E-state index in [4.69, 9.17) is 0 Å². The molecule has 2 aromatic carbocycles. The molecule has 1 fully saturated rings. The van der Waals surface area contributed by atoms with E-state index in [1.54, 1.807) is 24.0 Å². The van der Waals surface area contributed by atoms with Crippen LogP contribution in [0.2, 0.25) is 0 Å². The first-order valence-electron chi connectivity index (χ1n) is 9.60. The molecule has 1 amide bonds. The van der Waals surface area contributed by atoms with Crippen molar-refractivity contribution in [1.29, 1.82) is 0 Å². The monoisotopic (exact) mass is 383 g/mol. The fourth-order valence-electron chi connectivity index (χ4n) is 4.31. The standard InChI is InChI=1S/C21H22FN3O3/c1-14-11-17(22)12-15-5-4-10-24(20(14)15)21(26)16-6-7-18(19(13-16)25(27)28)23-8-2-3-9-23/h6-7,11-13H,2-5,8-10H2,1H3. The van der Waals surface area contributed by atoms with E-state index in [0.29, 0.717) is 24.2 Å². The third-order valence-electron chi connectivity index (χ3n) is 5.55. The molecule has 0 unspecified atom stereocenters. The minimum absolute atomic E-state index is 0.0409. The summed E-state index contributed by atoms with van der Waals surface area (Å²) >= 11 is 0. The molecular formula is C21H22FN3O3. The maximum atomic E-state index is 13.8. The van der Waals surface area contributed by atoms with Crippen molar-refractivity contribution in [2.45, 2.75) is 32.6 Å². The second-order valence-corrected chi connectivity index (χ2v) is 7.45. The van der Waals surface area contributed by atoms with Crippen LogP contribution in [-0.2, 0) is 6.42 Å². The van der Waals surface area contributed by atoms with Crippen molar-refractivity contribution in [1.82, 2.24) is 0 Å². The number of aryl methyl sites for hydroxylation is 2. The Kier molecular flexibility index (Phi) is 4.75. The molecule has 1 saturated heterocycles. The highest BCUT2D eigenvalue weighted by Crippen LogP contribution is 2.35. The van der Waals surface area contributed by atoms with E-state index in [9.17, 15) is 19.3 Å². The molecule has 0 spiro atoms. The number of halogens is 1. The number of carbonyl (C=O) groups is 1. The fraction of sp³-hybridized carbons (Fsp3) is 0.381. The molecule has 4 rings (SSSR count). The van der Waals surface area contributed by atoms with Gasteiger partial charge in [0.05, 0.1) is 10.6 Å². The molecule has 2 aromatic rings. The number of benzene rings is 2. The van der Waals surface area contributed by atoms with Crippen LogP contribution >= 0.6 is 0 Å². The van der Waals surface area contributed by atoms with Crippen molar-refractivity contribution in [2.75, 3.05) is 29.4 Å². The third-order valence-corrected chi connectivity index (χ3v) is 5.55. The lowest BCUT2D eigenvalue weighted by molar-refractivity contribution is -0.384. The quantitative estimate of drug-likeness (QED) is 0.587. The van der Waals surface area contributed by atoms with Gasteiger partial charge in [-0.2, -0.15) is 0 Å². The molecule has 2 aliphatic heterocycles. The molecule has 0 radical (unpaired) electrons. The molecule has 146 valence electrons. The van der Waals surface area contributed by atoms with E-state index in [0.717, 1.165) is 43.6 Å². The second-order valence-electron chi connectivity index (χ2n) is 7.45. The summed E-state index contributed by atoms with van der Waals surface area (Å²) in [4.78, 5) is 28.0. The molecule has 0 N–H and O–H groups in total. The molecule has 0 atom stereocenters. The van der Waals surface area contributed by atoms with Crippen molar-refractivity contribution in [3.05, 3.63) is 63.0 Å². The maximum Gasteiger partial charge on any atom is 0.293 e. The van der Waals surface area contributed by atoms with E-state index in [1.165, 1.54) is 18.2 Å². The maximum absolute atomic E-state index is 13.8. The summed E-state index contributed by atoms with van der Waals surface area (Å²) in [7, 11) is 0. The molecule has 28 heavy (non-hydrogen) atoms. The van der Waals surface area contributed by atoms with Crippen LogP contribution in [0.1, 0.15) is 40.7 Å². The van der Waals surface area contributed by atoms with E-state index >= 15 is 0 Å². The number of nitrogens with zero attached hydrogens (tertiary/aromatic N) is 3.